The largest absolute Gasteiger partial charge is 0.289 e. The van der Waals surface area contributed by atoms with Crippen LogP contribution >= 0.6 is 23.2 Å². The number of hydrogen-bond acceptors (Lipinski definition) is 3. The number of aromatic nitrogens is 2. The van der Waals surface area contributed by atoms with Gasteiger partial charge in [0.05, 0.1) is 16.9 Å². The summed E-state index contributed by atoms with van der Waals surface area (Å²) in [5.74, 6) is -0.670. The number of ketones is 2. The van der Waals surface area contributed by atoms with Gasteiger partial charge in [-0.2, -0.15) is 5.10 Å². The molecular formula is C29H22Cl2N2O2. The number of allylic oxidation sites excluding steroid dienone is 2. The lowest BCUT2D eigenvalue weighted by Crippen LogP contribution is -2.05. The Labute approximate surface area is 214 Å². The third-order valence-corrected chi connectivity index (χ3v) is 5.97. The normalized spacial score (nSPS) is 11.4. The fourth-order valence-electron chi connectivity index (χ4n) is 3.56. The second-order valence-electron chi connectivity index (χ2n) is 8.05. The third-order valence-electron chi connectivity index (χ3n) is 5.47. The van der Waals surface area contributed by atoms with Crippen molar-refractivity contribution in [3.05, 3.63) is 129 Å². The van der Waals surface area contributed by atoms with Crippen LogP contribution in [0, 0.1) is 13.8 Å². The van der Waals surface area contributed by atoms with Gasteiger partial charge < -0.3 is 0 Å². The first-order valence-electron chi connectivity index (χ1n) is 10.9. The summed E-state index contributed by atoms with van der Waals surface area (Å²) in [6, 6.07) is 22.0. The van der Waals surface area contributed by atoms with Gasteiger partial charge in [-0.25, -0.2) is 4.68 Å². The Morgan fingerprint density at radius 2 is 1.20 bits per heavy atom. The number of carbonyl (C=O) groups excluding carboxylic acids is 2. The molecule has 1 heterocycles. The molecule has 3 aromatic carbocycles. The smallest absolute Gasteiger partial charge is 0.206 e. The average molecular weight is 501 g/mol. The molecule has 0 unspecified atom stereocenters. The maximum atomic E-state index is 13.3. The summed E-state index contributed by atoms with van der Waals surface area (Å²) in [6.45, 7) is 3.78. The summed E-state index contributed by atoms with van der Waals surface area (Å²) in [5.41, 5.74) is 4.45. The first kappa shape index (κ1) is 24.4. The van der Waals surface area contributed by atoms with Crippen molar-refractivity contribution in [3.8, 4) is 5.69 Å². The molecule has 174 valence electrons. The van der Waals surface area contributed by atoms with Crippen LogP contribution in [0.5, 0.6) is 0 Å². The van der Waals surface area contributed by atoms with Crippen molar-refractivity contribution in [3.63, 3.8) is 0 Å². The first-order valence-corrected chi connectivity index (χ1v) is 11.7. The molecule has 0 saturated carbocycles. The van der Waals surface area contributed by atoms with E-state index in [9.17, 15) is 9.59 Å². The van der Waals surface area contributed by atoms with E-state index in [0.29, 0.717) is 15.7 Å². The molecule has 0 aliphatic rings. The highest BCUT2D eigenvalue weighted by Crippen LogP contribution is 2.22. The zero-order chi connectivity index (χ0) is 24.9. The number of hydrogen-bond donors (Lipinski definition) is 0. The number of carbonyl (C=O) groups is 2. The van der Waals surface area contributed by atoms with E-state index in [2.05, 4.69) is 5.10 Å². The molecule has 4 rings (SSSR count). The average Bonchev–Trinajstić information content (AvgIpc) is 3.20. The topological polar surface area (TPSA) is 52.0 Å². The van der Waals surface area contributed by atoms with E-state index in [0.717, 1.165) is 22.4 Å². The van der Waals surface area contributed by atoms with Crippen molar-refractivity contribution in [2.75, 3.05) is 0 Å². The van der Waals surface area contributed by atoms with Crippen molar-refractivity contribution in [2.24, 2.45) is 0 Å². The van der Waals surface area contributed by atoms with Crippen molar-refractivity contribution in [2.45, 2.75) is 13.8 Å². The molecule has 0 N–H and O–H groups in total. The predicted octanol–water partition coefficient (Wildman–Crippen LogP) is 7.59. The number of rotatable bonds is 7. The fourth-order valence-corrected chi connectivity index (χ4v) is 3.81. The molecule has 0 atom stereocenters. The number of halogens is 2. The Bertz CT molecular complexity index is 1430. The molecule has 0 aliphatic carbocycles. The Morgan fingerprint density at radius 3 is 1.71 bits per heavy atom. The molecule has 0 saturated heterocycles. The summed E-state index contributed by atoms with van der Waals surface area (Å²) in [5, 5.41) is 5.77. The Balaban J connectivity index is 1.73. The monoisotopic (exact) mass is 500 g/mol. The molecule has 1 aromatic heterocycles. The van der Waals surface area contributed by atoms with Gasteiger partial charge in [-0.05, 0) is 73.5 Å². The van der Waals surface area contributed by atoms with E-state index < -0.39 is 0 Å². The lowest BCUT2D eigenvalue weighted by Gasteiger charge is -2.05. The maximum absolute atomic E-state index is 13.3. The molecule has 0 fully saturated rings. The lowest BCUT2D eigenvalue weighted by molar-refractivity contribution is 0.101. The molecular weight excluding hydrogens is 479 g/mol. The van der Waals surface area contributed by atoms with Crippen molar-refractivity contribution < 1.29 is 9.59 Å². The van der Waals surface area contributed by atoms with Gasteiger partial charge in [-0.15, -0.1) is 0 Å². The standard InChI is InChI=1S/C29H22Cl2N2O2/c1-19-3-15-25(16-4-19)33-20(2)28(26(34)17-9-21-5-11-23(30)12-6-21)29(32-33)27(35)18-10-22-7-13-24(31)14-8-22/h3-18H,1-2H3/b17-9+,18-10+. The molecule has 0 amide bonds. The van der Waals surface area contributed by atoms with Gasteiger partial charge in [0.15, 0.2) is 5.78 Å². The Hall–Kier alpha value is -3.73. The number of nitrogens with zero attached hydrogens (tertiary/aromatic N) is 2. The quantitative estimate of drug-likeness (QED) is 0.194. The van der Waals surface area contributed by atoms with Crippen molar-refractivity contribution >= 4 is 46.9 Å². The van der Waals surface area contributed by atoms with Crippen molar-refractivity contribution in [1.82, 2.24) is 9.78 Å². The van der Waals surface area contributed by atoms with Gasteiger partial charge in [-0.3, -0.25) is 9.59 Å². The van der Waals surface area contributed by atoms with E-state index in [-0.39, 0.29) is 22.8 Å². The SMILES string of the molecule is Cc1ccc(-n2nc(C(=O)/C=C/c3ccc(Cl)cc3)c(C(=O)/C=C/c3ccc(Cl)cc3)c2C)cc1. The summed E-state index contributed by atoms with van der Waals surface area (Å²) in [4.78, 5) is 26.5. The zero-order valence-electron chi connectivity index (χ0n) is 19.2. The molecule has 0 aliphatic heterocycles. The Kier molecular flexibility index (Phi) is 7.45. The molecule has 0 spiro atoms. The molecule has 0 bridgehead atoms. The van der Waals surface area contributed by atoms with Crippen LogP contribution in [0.2, 0.25) is 10.0 Å². The predicted molar refractivity (Wildman–Crippen MR) is 143 cm³/mol. The molecule has 0 radical (unpaired) electrons. The summed E-state index contributed by atoms with van der Waals surface area (Å²) in [6.07, 6.45) is 6.24. The van der Waals surface area contributed by atoms with Crippen LogP contribution in [-0.4, -0.2) is 21.3 Å². The van der Waals surface area contributed by atoms with Gasteiger partial charge in [-0.1, -0.05) is 77.3 Å². The van der Waals surface area contributed by atoms with Crippen LogP contribution in [0.4, 0.5) is 0 Å². The maximum Gasteiger partial charge on any atom is 0.206 e. The van der Waals surface area contributed by atoms with Crippen LogP contribution in [-0.2, 0) is 0 Å². The van der Waals surface area contributed by atoms with Crippen LogP contribution in [0.3, 0.4) is 0 Å². The zero-order valence-corrected chi connectivity index (χ0v) is 20.7. The highest BCUT2D eigenvalue weighted by atomic mass is 35.5. The first-order chi connectivity index (χ1) is 16.8. The van der Waals surface area contributed by atoms with E-state index in [1.54, 1.807) is 48.0 Å². The number of benzene rings is 3. The van der Waals surface area contributed by atoms with E-state index in [1.807, 2.05) is 55.5 Å². The van der Waals surface area contributed by atoms with E-state index in [4.69, 9.17) is 23.2 Å². The van der Waals surface area contributed by atoms with Gasteiger partial charge in [0.1, 0.15) is 5.69 Å². The Morgan fingerprint density at radius 1 is 0.714 bits per heavy atom. The van der Waals surface area contributed by atoms with E-state index in [1.165, 1.54) is 12.2 Å². The molecule has 4 aromatic rings. The van der Waals surface area contributed by atoms with Crippen LogP contribution in [0.25, 0.3) is 17.8 Å². The minimum atomic E-state index is -0.364. The van der Waals surface area contributed by atoms with Crippen LogP contribution in [0.15, 0.2) is 84.9 Å². The second kappa shape index (κ2) is 10.7. The highest BCUT2D eigenvalue weighted by molar-refractivity contribution is 6.30. The lowest BCUT2D eigenvalue weighted by atomic mass is 10.0. The molecule has 6 heteroatoms. The minimum absolute atomic E-state index is 0.0963. The summed E-state index contributed by atoms with van der Waals surface area (Å²) in [7, 11) is 0. The van der Waals surface area contributed by atoms with Gasteiger partial charge >= 0.3 is 0 Å². The second-order valence-corrected chi connectivity index (χ2v) is 8.93. The number of aryl methyl sites for hydroxylation is 1. The summed E-state index contributed by atoms with van der Waals surface area (Å²) >= 11 is 11.9. The third kappa shape index (κ3) is 5.86. The van der Waals surface area contributed by atoms with Gasteiger partial charge in [0.2, 0.25) is 5.78 Å². The van der Waals surface area contributed by atoms with Crippen LogP contribution < -0.4 is 0 Å². The van der Waals surface area contributed by atoms with Gasteiger partial charge in [0, 0.05) is 10.0 Å². The minimum Gasteiger partial charge on any atom is -0.289 e. The molecule has 35 heavy (non-hydrogen) atoms. The van der Waals surface area contributed by atoms with Crippen molar-refractivity contribution in [1.29, 1.82) is 0 Å². The van der Waals surface area contributed by atoms with Gasteiger partial charge in [0.25, 0.3) is 0 Å². The van der Waals surface area contributed by atoms with Crippen LogP contribution in [0.1, 0.15) is 43.2 Å². The van der Waals surface area contributed by atoms with E-state index >= 15 is 0 Å². The molecule has 4 nitrogen and oxygen atoms in total. The highest BCUT2D eigenvalue weighted by Gasteiger charge is 2.24. The fraction of sp³-hybridized carbons (Fsp3) is 0.0690. The summed E-state index contributed by atoms with van der Waals surface area (Å²) < 4.78 is 1.63.